The fraction of sp³-hybridized carbons (Fsp3) is 1.00. The molecule has 0 bridgehead atoms. The lowest BCUT2D eigenvalue weighted by molar-refractivity contribution is 0.0165. The first-order valence-corrected chi connectivity index (χ1v) is 8.06. The lowest BCUT2D eigenvalue weighted by Gasteiger charge is -2.48. The number of hydrogen-bond acceptors (Lipinski definition) is 5. The first kappa shape index (κ1) is 13.3. The summed E-state index contributed by atoms with van der Waals surface area (Å²) >= 11 is 0. The minimum absolute atomic E-state index is 0.241. The van der Waals surface area contributed by atoms with Crippen LogP contribution >= 0.6 is 0 Å². The normalized spacial score (nSPS) is 39.6. The van der Waals surface area contributed by atoms with Gasteiger partial charge >= 0.3 is 0 Å². The Balaban J connectivity index is 2.19. The smallest absolute Gasteiger partial charge is 0.152 e. The molecule has 0 aromatic heterocycles. The van der Waals surface area contributed by atoms with E-state index >= 15 is 0 Å². The van der Waals surface area contributed by atoms with Crippen LogP contribution in [0.2, 0.25) is 0 Å². The number of piperazine rings is 1. The van der Waals surface area contributed by atoms with Gasteiger partial charge in [-0.1, -0.05) is 0 Å². The van der Waals surface area contributed by atoms with Crippen molar-refractivity contribution in [2.45, 2.75) is 24.9 Å². The summed E-state index contributed by atoms with van der Waals surface area (Å²) in [5.74, 6) is 0.536. The van der Waals surface area contributed by atoms with Crippen LogP contribution in [0.1, 0.15) is 13.3 Å². The first-order valence-electron chi connectivity index (χ1n) is 6.24. The second kappa shape index (κ2) is 4.50. The maximum absolute atomic E-state index is 11.7. The zero-order valence-corrected chi connectivity index (χ0v) is 11.5. The molecule has 0 amide bonds. The van der Waals surface area contributed by atoms with Crippen LogP contribution in [-0.2, 0) is 9.84 Å². The highest BCUT2D eigenvalue weighted by Gasteiger charge is 2.47. The van der Waals surface area contributed by atoms with Gasteiger partial charge in [-0.2, -0.15) is 0 Å². The molecule has 0 saturated carbocycles. The van der Waals surface area contributed by atoms with Gasteiger partial charge < -0.3 is 10.6 Å². The molecule has 2 aliphatic heterocycles. The Bertz CT molecular complexity index is 384. The van der Waals surface area contributed by atoms with Crippen LogP contribution in [0.5, 0.6) is 0 Å². The minimum atomic E-state index is -2.89. The third-order valence-corrected chi connectivity index (χ3v) is 5.99. The summed E-state index contributed by atoms with van der Waals surface area (Å²) in [5.41, 5.74) is 5.59. The van der Waals surface area contributed by atoms with Crippen molar-refractivity contribution in [3.05, 3.63) is 0 Å². The molecule has 100 valence electrons. The van der Waals surface area contributed by atoms with E-state index in [4.69, 9.17) is 5.73 Å². The summed E-state index contributed by atoms with van der Waals surface area (Å²) in [4.78, 5) is 4.62. The highest BCUT2D eigenvalue weighted by Crippen LogP contribution is 2.31. The molecule has 2 N–H and O–H groups in total. The Morgan fingerprint density at radius 2 is 2.12 bits per heavy atom. The van der Waals surface area contributed by atoms with Gasteiger partial charge in [0.05, 0.1) is 11.5 Å². The molecule has 5 nitrogen and oxygen atoms in total. The molecule has 0 radical (unpaired) electrons. The number of rotatable bonds is 2. The molecule has 2 heterocycles. The maximum atomic E-state index is 11.7. The molecule has 2 atom stereocenters. The molecule has 0 spiro atoms. The Morgan fingerprint density at radius 1 is 1.41 bits per heavy atom. The van der Waals surface area contributed by atoms with Gasteiger partial charge in [-0.15, -0.1) is 0 Å². The molecule has 2 unspecified atom stereocenters. The summed E-state index contributed by atoms with van der Waals surface area (Å²) in [5, 5.41) is 0. The molecule has 0 aliphatic carbocycles. The minimum Gasteiger partial charge on any atom is -0.329 e. The van der Waals surface area contributed by atoms with Crippen LogP contribution in [0, 0.1) is 0 Å². The zero-order chi connectivity index (χ0) is 12.7. The van der Waals surface area contributed by atoms with Crippen molar-refractivity contribution in [3.8, 4) is 0 Å². The molecular weight excluding hydrogens is 238 g/mol. The predicted molar refractivity (Wildman–Crippen MR) is 68.7 cm³/mol. The molecule has 0 aromatic rings. The van der Waals surface area contributed by atoms with E-state index in [-0.39, 0.29) is 11.3 Å². The molecule has 17 heavy (non-hydrogen) atoms. The quantitative estimate of drug-likeness (QED) is 0.700. The van der Waals surface area contributed by atoms with Crippen LogP contribution in [0.15, 0.2) is 0 Å². The number of sulfone groups is 1. The Kier molecular flexibility index (Phi) is 3.51. The largest absolute Gasteiger partial charge is 0.329 e. The molecule has 2 fully saturated rings. The summed E-state index contributed by atoms with van der Waals surface area (Å²) in [6.07, 6.45) is 0.694. The summed E-state index contributed by atoms with van der Waals surface area (Å²) in [7, 11) is -0.782. The third-order valence-electron chi connectivity index (χ3n) is 4.19. The molecule has 0 aromatic carbocycles. The lowest BCUT2D eigenvalue weighted by Crippen LogP contribution is -2.64. The van der Waals surface area contributed by atoms with Gasteiger partial charge in [-0.25, -0.2) is 8.42 Å². The third kappa shape index (κ3) is 2.50. The molecule has 2 aliphatic rings. The summed E-state index contributed by atoms with van der Waals surface area (Å²) in [6.45, 7) is 5.51. The Morgan fingerprint density at radius 3 is 2.59 bits per heavy atom. The highest BCUT2D eigenvalue weighted by atomic mass is 32.2. The van der Waals surface area contributed by atoms with E-state index in [1.54, 1.807) is 0 Å². The van der Waals surface area contributed by atoms with Gasteiger partial charge in [0.25, 0.3) is 0 Å². The van der Waals surface area contributed by atoms with Gasteiger partial charge in [0.2, 0.25) is 0 Å². The van der Waals surface area contributed by atoms with Crippen molar-refractivity contribution < 1.29 is 8.42 Å². The number of nitrogens with two attached hydrogens (primary N) is 1. The highest BCUT2D eigenvalue weighted by molar-refractivity contribution is 7.91. The topological polar surface area (TPSA) is 66.6 Å². The van der Waals surface area contributed by atoms with E-state index in [2.05, 4.69) is 23.8 Å². The number of likely N-dealkylation sites (N-methyl/N-ethyl adjacent to an activating group) is 1. The predicted octanol–water partition coefficient (Wildman–Crippen LogP) is -0.862. The summed E-state index contributed by atoms with van der Waals surface area (Å²) < 4.78 is 23.5. The van der Waals surface area contributed by atoms with Gasteiger partial charge in [-0.05, 0) is 20.4 Å². The fourth-order valence-electron chi connectivity index (χ4n) is 3.25. The molecule has 2 rings (SSSR count). The monoisotopic (exact) mass is 261 g/mol. The molecule has 2 saturated heterocycles. The number of nitrogens with zero attached hydrogens (tertiary/aromatic N) is 2. The molecular formula is C11H23N3O2S. The van der Waals surface area contributed by atoms with Gasteiger partial charge in [0.15, 0.2) is 9.84 Å². The van der Waals surface area contributed by atoms with Crippen LogP contribution in [0.25, 0.3) is 0 Å². The van der Waals surface area contributed by atoms with E-state index in [1.807, 2.05) is 0 Å². The first-order chi connectivity index (χ1) is 7.88. The van der Waals surface area contributed by atoms with Crippen LogP contribution < -0.4 is 5.73 Å². The Labute approximate surface area is 104 Å². The van der Waals surface area contributed by atoms with E-state index < -0.39 is 9.84 Å². The second-order valence-electron chi connectivity index (χ2n) is 5.58. The number of hydrogen-bond donors (Lipinski definition) is 1. The van der Waals surface area contributed by atoms with Crippen LogP contribution in [0.3, 0.4) is 0 Å². The SMILES string of the molecule is CC1CN(C)CCN1C1(CN)CCS(=O)(=O)C1. The van der Waals surface area contributed by atoms with Crippen molar-refractivity contribution in [2.75, 3.05) is 44.7 Å². The van der Waals surface area contributed by atoms with E-state index in [9.17, 15) is 8.42 Å². The van der Waals surface area contributed by atoms with E-state index in [0.717, 1.165) is 19.6 Å². The zero-order valence-electron chi connectivity index (χ0n) is 10.7. The second-order valence-corrected chi connectivity index (χ2v) is 7.76. The average molecular weight is 261 g/mol. The van der Waals surface area contributed by atoms with Gasteiger partial charge in [0, 0.05) is 37.8 Å². The van der Waals surface area contributed by atoms with Crippen molar-refractivity contribution in [1.29, 1.82) is 0 Å². The average Bonchev–Trinajstić information content (AvgIpc) is 2.55. The lowest BCUT2D eigenvalue weighted by atomic mass is 9.93. The summed E-state index contributed by atoms with van der Waals surface area (Å²) in [6, 6.07) is 0.380. The molecule has 6 heteroatoms. The van der Waals surface area contributed by atoms with Gasteiger partial charge in [0.1, 0.15) is 0 Å². The van der Waals surface area contributed by atoms with Gasteiger partial charge in [-0.3, -0.25) is 4.90 Å². The maximum Gasteiger partial charge on any atom is 0.152 e. The Hall–Kier alpha value is -0.170. The van der Waals surface area contributed by atoms with Crippen molar-refractivity contribution in [3.63, 3.8) is 0 Å². The fourth-order valence-corrected chi connectivity index (χ4v) is 5.33. The van der Waals surface area contributed by atoms with Crippen molar-refractivity contribution in [1.82, 2.24) is 9.80 Å². The van der Waals surface area contributed by atoms with E-state index in [1.165, 1.54) is 0 Å². The van der Waals surface area contributed by atoms with E-state index in [0.29, 0.717) is 24.8 Å². The van der Waals surface area contributed by atoms with Crippen LogP contribution in [-0.4, -0.2) is 74.5 Å². The standard InChI is InChI=1S/C11H23N3O2S/c1-10-7-13(2)4-5-14(10)11(8-12)3-6-17(15,16)9-11/h10H,3-9,12H2,1-2H3. The van der Waals surface area contributed by atoms with Crippen molar-refractivity contribution >= 4 is 9.84 Å². The van der Waals surface area contributed by atoms with Crippen molar-refractivity contribution in [2.24, 2.45) is 5.73 Å². The van der Waals surface area contributed by atoms with Crippen LogP contribution in [0.4, 0.5) is 0 Å².